The molecule has 0 unspecified atom stereocenters. The van der Waals surface area contributed by atoms with Crippen molar-refractivity contribution >= 4 is 5.97 Å². The van der Waals surface area contributed by atoms with Gasteiger partial charge in [-0.3, -0.25) is 0 Å². The molecule has 1 aliphatic heterocycles. The van der Waals surface area contributed by atoms with Gasteiger partial charge in [0.2, 0.25) is 0 Å². The number of fused-ring (bicyclic) bond motifs is 1. The minimum absolute atomic E-state index is 0.0309. The Labute approximate surface area is 198 Å². The van der Waals surface area contributed by atoms with E-state index in [2.05, 4.69) is 12.2 Å². The first-order chi connectivity index (χ1) is 16.5. The van der Waals surface area contributed by atoms with E-state index in [0.717, 1.165) is 55.1 Å². The van der Waals surface area contributed by atoms with Crippen molar-refractivity contribution in [3.8, 4) is 23.0 Å². The van der Waals surface area contributed by atoms with E-state index < -0.39 is 11.8 Å². The molecule has 7 heteroatoms. The van der Waals surface area contributed by atoms with E-state index in [1.165, 1.54) is 6.07 Å². The van der Waals surface area contributed by atoms with Gasteiger partial charge in [0.25, 0.3) is 0 Å². The zero-order valence-corrected chi connectivity index (χ0v) is 19.0. The molecule has 0 bridgehead atoms. The van der Waals surface area contributed by atoms with Crippen LogP contribution in [0.1, 0.15) is 29.3 Å². The van der Waals surface area contributed by atoms with Gasteiger partial charge in [-0.1, -0.05) is 25.1 Å². The number of para-hydroxylation sites is 1. The average Bonchev–Trinajstić information content (AvgIpc) is 2.83. The monoisotopic (exact) mass is 465 g/mol. The van der Waals surface area contributed by atoms with Crippen LogP contribution in [0.15, 0.2) is 66.7 Å². The van der Waals surface area contributed by atoms with E-state index in [-0.39, 0.29) is 17.4 Å². The molecule has 0 amide bonds. The fourth-order valence-corrected chi connectivity index (χ4v) is 3.82. The Kier molecular flexibility index (Phi) is 7.65. The molecule has 178 valence electrons. The third-order valence-electron chi connectivity index (χ3n) is 5.61. The number of hydrogen-bond donors (Lipinski definition) is 2. The van der Waals surface area contributed by atoms with Gasteiger partial charge < -0.3 is 24.6 Å². The minimum atomic E-state index is -1.17. The van der Waals surface area contributed by atoms with Gasteiger partial charge in [0.15, 0.2) is 0 Å². The molecule has 1 heterocycles. The molecule has 0 aromatic heterocycles. The zero-order chi connectivity index (χ0) is 23.9. The van der Waals surface area contributed by atoms with Crippen LogP contribution < -0.4 is 19.5 Å². The molecule has 0 saturated heterocycles. The van der Waals surface area contributed by atoms with E-state index in [0.29, 0.717) is 18.3 Å². The first-order valence-electron chi connectivity index (χ1n) is 11.4. The van der Waals surface area contributed by atoms with Gasteiger partial charge >= 0.3 is 5.97 Å². The molecular formula is C27H28FNO5. The fraction of sp³-hybridized carbons (Fsp3) is 0.296. The van der Waals surface area contributed by atoms with Gasteiger partial charge in [-0.15, -0.1) is 0 Å². The topological polar surface area (TPSA) is 77.0 Å². The molecular weight excluding hydrogens is 437 g/mol. The second kappa shape index (κ2) is 11.0. The number of carboxylic acid groups (broad SMARTS) is 1. The molecule has 0 fully saturated rings. The summed E-state index contributed by atoms with van der Waals surface area (Å²) in [6.07, 6.45) is 1.71. The SMILES string of the molecule is C[C@@H](CNC[C@H]1CCc2cc(Oc3cc(F)ccc3C(=O)O)ccc2O1)COc1ccccc1. The van der Waals surface area contributed by atoms with Crippen LogP contribution in [0.3, 0.4) is 0 Å². The van der Waals surface area contributed by atoms with Crippen LogP contribution in [-0.2, 0) is 6.42 Å². The van der Waals surface area contributed by atoms with E-state index in [4.69, 9.17) is 14.2 Å². The smallest absolute Gasteiger partial charge is 0.339 e. The van der Waals surface area contributed by atoms with Gasteiger partial charge in [0.1, 0.15) is 40.5 Å². The molecule has 0 spiro atoms. The van der Waals surface area contributed by atoms with Crippen molar-refractivity contribution in [2.75, 3.05) is 19.7 Å². The Morgan fingerprint density at radius 1 is 1.15 bits per heavy atom. The number of carbonyl (C=O) groups is 1. The summed E-state index contributed by atoms with van der Waals surface area (Å²) in [7, 11) is 0. The molecule has 0 saturated carbocycles. The van der Waals surface area contributed by atoms with Crippen LogP contribution in [0.25, 0.3) is 0 Å². The number of aryl methyl sites for hydroxylation is 1. The number of halogens is 1. The number of nitrogens with one attached hydrogen (secondary N) is 1. The molecule has 6 nitrogen and oxygen atoms in total. The van der Waals surface area contributed by atoms with Gasteiger partial charge in [-0.25, -0.2) is 9.18 Å². The Bertz CT molecular complexity index is 1120. The van der Waals surface area contributed by atoms with Gasteiger partial charge in [0, 0.05) is 25.1 Å². The summed E-state index contributed by atoms with van der Waals surface area (Å²) in [5, 5.41) is 12.8. The summed E-state index contributed by atoms with van der Waals surface area (Å²) in [4.78, 5) is 11.4. The average molecular weight is 466 g/mol. The van der Waals surface area contributed by atoms with Gasteiger partial charge in [0.05, 0.1) is 6.61 Å². The molecule has 4 rings (SSSR count). The summed E-state index contributed by atoms with van der Waals surface area (Å²) in [5.41, 5.74) is 0.886. The van der Waals surface area contributed by atoms with Crippen molar-refractivity contribution < 1.29 is 28.5 Å². The van der Waals surface area contributed by atoms with Gasteiger partial charge in [-0.2, -0.15) is 0 Å². The van der Waals surface area contributed by atoms with Crippen LogP contribution in [0.4, 0.5) is 4.39 Å². The third kappa shape index (κ3) is 6.26. The number of aromatic carboxylic acids is 1. The summed E-state index contributed by atoms with van der Waals surface area (Å²) in [5.74, 6) is 0.695. The Morgan fingerprint density at radius 3 is 2.76 bits per heavy atom. The highest BCUT2D eigenvalue weighted by Crippen LogP contribution is 2.34. The molecule has 0 aliphatic carbocycles. The van der Waals surface area contributed by atoms with Crippen molar-refractivity contribution in [2.45, 2.75) is 25.9 Å². The Morgan fingerprint density at radius 2 is 1.97 bits per heavy atom. The molecule has 3 aromatic rings. The van der Waals surface area contributed by atoms with Crippen molar-refractivity contribution in [3.05, 3.63) is 83.7 Å². The molecule has 34 heavy (non-hydrogen) atoms. The predicted molar refractivity (Wildman–Crippen MR) is 127 cm³/mol. The quantitative estimate of drug-likeness (QED) is 0.422. The largest absolute Gasteiger partial charge is 0.493 e. The van der Waals surface area contributed by atoms with Crippen molar-refractivity contribution in [1.82, 2.24) is 5.32 Å². The van der Waals surface area contributed by atoms with Crippen LogP contribution in [0.5, 0.6) is 23.0 Å². The summed E-state index contributed by atoms with van der Waals surface area (Å²) < 4.78 is 31.2. The lowest BCUT2D eigenvalue weighted by molar-refractivity contribution is 0.0694. The maximum atomic E-state index is 13.6. The van der Waals surface area contributed by atoms with E-state index in [1.807, 2.05) is 42.5 Å². The second-order valence-electron chi connectivity index (χ2n) is 8.48. The summed E-state index contributed by atoms with van der Waals surface area (Å²) >= 11 is 0. The number of hydrogen-bond acceptors (Lipinski definition) is 5. The van der Waals surface area contributed by atoms with Crippen molar-refractivity contribution in [3.63, 3.8) is 0 Å². The van der Waals surface area contributed by atoms with Crippen LogP contribution in [0, 0.1) is 11.7 Å². The maximum absolute atomic E-state index is 13.6. The lowest BCUT2D eigenvalue weighted by Crippen LogP contribution is -2.36. The summed E-state index contributed by atoms with van der Waals surface area (Å²) in [6, 6.07) is 18.5. The standard InChI is InChI=1S/C27H28FNO5/c1-18(17-32-21-5-3-2-4-6-21)15-29-16-23-9-7-19-13-22(10-12-25(19)34-23)33-26-14-20(28)8-11-24(26)27(30)31/h2-6,8,10-14,18,23,29H,7,9,15-17H2,1H3,(H,30,31)/t18-,23+/m0/s1. The number of rotatable bonds is 10. The molecule has 1 aliphatic rings. The molecule has 2 N–H and O–H groups in total. The predicted octanol–water partition coefficient (Wildman–Crippen LogP) is 5.31. The minimum Gasteiger partial charge on any atom is -0.493 e. The van der Waals surface area contributed by atoms with Crippen LogP contribution in [0.2, 0.25) is 0 Å². The fourth-order valence-electron chi connectivity index (χ4n) is 3.82. The van der Waals surface area contributed by atoms with E-state index >= 15 is 0 Å². The number of ether oxygens (including phenoxy) is 3. The third-order valence-corrected chi connectivity index (χ3v) is 5.61. The molecule has 2 atom stereocenters. The number of carboxylic acids is 1. The highest BCUT2D eigenvalue weighted by atomic mass is 19.1. The Balaban J connectivity index is 1.27. The van der Waals surface area contributed by atoms with Gasteiger partial charge in [-0.05, 0) is 60.9 Å². The zero-order valence-electron chi connectivity index (χ0n) is 19.0. The lowest BCUT2D eigenvalue weighted by atomic mass is 10.0. The van der Waals surface area contributed by atoms with Crippen LogP contribution in [-0.4, -0.2) is 36.9 Å². The Hall–Kier alpha value is -3.58. The molecule has 3 aromatic carbocycles. The van der Waals surface area contributed by atoms with Crippen molar-refractivity contribution in [1.29, 1.82) is 0 Å². The highest BCUT2D eigenvalue weighted by molar-refractivity contribution is 5.91. The number of benzene rings is 3. The highest BCUT2D eigenvalue weighted by Gasteiger charge is 2.21. The second-order valence-corrected chi connectivity index (χ2v) is 8.48. The molecule has 0 radical (unpaired) electrons. The van der Waals surface area contributed by atoms with Crippen LogP contribution >= 0.6 is 0 Å². The summed E-state index contributed by atoms with van der Waals surface area (Å²) in [6.45, 7) is 4.34. The first kappa shape index (κ1) is 23.6. The van der Waals surface area contributed by atoms with Crippen molar-refractivity contribution in [2.24, 2.45) is 5.92 Å². The van der Waals surface area contributed by atoms with E-state index in [9.17, 15) is 14.3 Å². The van der Waals surface area contributed by atoms with E-state index in [1.54, 1.807) is 6.07 Å². The lowest BCUT2D eigenvalue weighted by Gasteiger charge is -2.27. The first-order valence-corrected chi connectivity index (χ1v) is 11.4. The maximum Gasteiger partial charge on any atom is 0.339 e. The normalized spacial score (nSPS) is 15.6.